The molecule has 0 fully saturated rings. The molecule has 1 aromatic carbocycles. The second-order valence-electron chi connectivity index (χ2n) is 4.47. The average molecular weight is 315 g/mol. The van der Waals surface area contributed by atoms with Gasteiger partial charge < -0.3 is 5.32 Å². The lowest BCUT2D eigenvalue weighted by molar-refractivity contribution is -0.117. The summed E-state index contributed by atoms with van der Waals surface area (Å²) in [6, 6.07) is 9.34. The minimum absolute atomic E-state index is 0.111. The number of nitrogens with zero attached hydrogens (tertiary/aromatic N) is 2. The standard InChI is InChI=1S/C16H17N3O2S/c1-3-17-15(21)10-9-13-11-22-16(18-13)19(12(2)20)14-7-5-4-6-8-14/h4-11H,3H2,1-2H3,(H,17,21). The summed E-state index contributed by atoms with van der Waals surface area (Å²) < 4.78 is 0. The van der Waals surface area contributed by atoms with Crippen LogP contribution in [0.5, 0.6) is 0 Å². The van der Waals surface area contributed by atoms with E-state index in [0.717, 1.165) is 5.69 Å². The molecule has 0 saturated carbocycles. The molecule has 1 aromatic heterocycles. The molecule has 0 aliphatic carbocycles. The van der Waals surface area contributed by atoms with Crippen molar-refractivity contribution in [1.82, 2.24) is 10.3 Å². The molecule has 0 unspecified atom stereocenters. The first-order chi connectivity index (χ1) is 10.6. The molecular formula is C16H17N3O2S. The molecule has 0 atom stereocenters. The number of carbonyl (C=O) groups excluding carboxylic acids is 2. The van der Waals surface area contributed by atoms with Gasteiger partial charge in [0.2, 0.25) is 11.8 Å². The Kier molecular flexibility index (Phi) is 5.43. The Hall–Kier alpha value is -2.47. The Morgan fingerprint density at radius 3 is 2.68 bits per heavy atom. The third kappa shape index (κ3) is 4.02. The molecule has 0 bridgehead atoms. The Balaban J connectivity index is 2.21. The molecule has 5 nitrogen and oxygen atoms in total. The molecule has 6 heteroatoms. The molecule has 2 amide bonds. The minimum Gasteiger partial charge on any atom is -0.353 e. The number of amides is 2. The number of thiazole rings is 1. The number of benzene rings is 1. The summed E-state index contributed by atoms with van der Waals surface area (Å²) in [4.78, 5) is 29.3. The summed E-state index contributed by atoms with van der Waals surface area (Å²) >= 11 is 1.36. The van der Waals surface area contributed by atoms with Gasteiger partial charge in [-0.25, -0.2) is 4.98 Å². The Morgan fingerprint density at radius 1 is 1.32 bits per heavy atom. The van der Waals surface area contributed by atoms with Gasteiger partial charge in [0.25, 0.3) is 0 Å². The van der Waals surface area contributed by atoms with Crippen LogP contribution in [-0.4, -0.2) is 23.3 Å². The Morgan fingerprint density at radius 2 is 2.05 bits per heavy atom. The van der Waals surface area contributed by atoms with Crippen molar-refractivity contribution >= 4 is 40.0 Å². The number of anilines is 2. The summed E-state index contributed by atoms with van der Waals surface area (Å²) in [5.41, 5.74) is 1.41. The zero-order valence-corrected chi connectivity index (χ0v) is 13.3. The van der Waals surface area contributed by atoms with Crippen LogP contribution in [0.3, 0.4) is 0 Å². The number of hydrogen-bond acceptors (Lipinski definition) is 4. The number of para-hydroxylation sites is 1. The van der Waals surface area contributed by atoms with Gasteiger partial charge in [-0.3, -0.25) is 14.5 Å². The van der Waals surface area contributed by atoms with E-state index in [1.54, 1.807) is 11.0 Å². The van der Waals surface area contributed by atoms with E-state index in [-0.39, 0.29) is 11.8 Å². The van der Waals surface area contributed by atoms with Crippen LogP contribution in [0.4, 0.5) is 10.8 Å². The maximum atomic E-state index is 11.9. The maximum Gasteiger partial charge on any atom is 0.244 e. The molecule has 2 rings (SSSR count). The van der Waals surface area contributed by atoms with Crippen LogP contribution in [0.15, 0.2) is 41.8 Å². The van der Waals surface area contributed by atoms with Crippen molar-refractivity contribution in [2.75, 3.05) is 11.4 Å². The lowest BCUT2D eigenvalue weighted by atomic mass is 10.3. The summed E-state index contributed by atoms with van der Waals surface area (Å²) in [6.07, 6.45) is 3.07. The topological polar surface area (TPSA) is 62.3 Å². The molecule has 0 spiro atoms. The zero-order chi connectivity index (χ0) is 15.9. The smallest absolute Gasteiger partial charge is 0.244 e. The van der Waals surface area contributed by atoms with E-state index in [0.29, 0.717) is 17.4 Å². The van der Waals surface area contributed by atoms with E-state index in [1.165, 1.54) is 24.3 Å². The second-order valence-corrected chi connectivity index (χ2v) is 5.31. The van der Waals surface area contributed by atoms with E-state index >= 15 is 0 Å². The molecular weight excluding hydrogens is 298 g/mol. The molecule has 0 radical (unpaired) electrons. The van der Waals surface area contributed by atoms with Crippen molar-refractivity contribution in [3.8, 4) is 0 Å². The monoisotopic (exact) mass is 315 g/mol. The molecule has 114 valence electrons. The van der Waals surface area contributed by atoms with Crippen molar-refractivity contribution in [1.29, 1.82) is 0 Å². The fourth-order valence-electron chi connectivity index (χ4n) is 1.85. The highest BCUT2D eigenvalue weighted by Crippen LogP contribution is 2.28. The van der Waals surface area contributed by atoms with E-state index in [2.05, 4.69) is 10.3 Å². The third-order valence-corrected chi connectivity index (χ3v) is 3.63. The average Bonchev–Trinajstić information content (AvgIpc) is 2.95. The van der Waals surface area contributed by atoms with Crippen LogP contribution in [0.2, 0.25) is 0 Å². The number of nitrogens with one attached hydrogen (secondary N) is 1. The molecule has 2 aromatic rings. The van der Waals surface area contributed by atoms with Crippen molar-refractivity contribution in [2.45, 2.75) is 13.8 Å². The van der Waals surface area contributed by atoms with Gasteiger partial charge >= 0.3 is 0 Å². The van der Waals surface area contributed by atoms with Gasteiger partial charge in [0.1, 0.15) is 0 Å². The Bertz CT molecular complexity index is 680. The fourth-order valence-corrected chi connectivity index (χ4v) is 2.71. The SMILES string of the molecule is CCNC(=O)C=Cc1csc(N(C(C)=O)c2ccccc2)n1. The summed E-state index contributed by atoms with van der Waals surface area (Å²) in [5.74, 6) is -0.275. The summed E-state index contributed by atoms with van der Waals surface area (Å²) in [6.45, 7) is 3.94. The van der Waals surface area contributed by atoms with Crippen molar-refractivity contribution in [2.24, 2.45) is 0 Å². The van der Waals surface area contributed by atoms with Crippen molar-refractivity contribution < 1.29 is 9.59 Å². The largest absolute Gasteiger partial charge is 0.353 e. The van der Waals surface area contributed by atoms with Crippen molar-refractivity contribution in [3.05, 3.63) is 47.5 Å². The fraction of sp³-hybridized carbons (Fsp3) is 0.188. The first kappa shape index (κ1) is 15.9. The predicted octanol–water partition coefficient (Wildman–Crippen LogP) is 2.98. The van der Waals surface area contributed by atoms with Crippen LogP contribution >= 0.6 is 11.3 Å². The van der Waals surface area contributed by atoms with E-state index in [1.807, 2.05) is 42.6 Å². The van der Waals surface area contributed by atoms with Crippen LogP contribution < -0.4 is 10.2 Å². The lowest BCUT2D eigenvalue weighted by Gasteiger charge is -2.17. The van der Waals surface area contributed by atoms with Gasteiger partial charge in [-0.2, -0.15) is 0 Å². The lowest BCUT2D eigenvalue weighted by Crippen LogP contribution is -2.22. The van der Waals surface area contributed by atoms with Gasteiger partial charge in [0, 0.05) is 24.9 Å². The van der Waals surface area contributed by atoms with Crippen LogP contribution in [0.25, 0.3) is 6.08 Å². The van der Waals surface area contributed by atoms with E-state index in [9.17, 15) is 9.59 Å². The predicted molar refractivity (Wildman–Crippen MR) is 89.1 cm³/mol. The second kappa shape index (κ2) is 7.51. The first-order valence-corrected chi connectivity index (χ1v) is 7.77. The third-order valence-electron chi connectivity index (χ3n) is 2.79. The van der Waals surface area contributed by atoms with Crippen LogP contribution in [-0.2, 0) is 9.59 Å². The Labute approximate surface area is 133 Å². The summed E-state index contributed by atoms with van der Waals surface area (Å²) in [5, 5.41) is 5.06. The highest BCUT2D eigenvalue weighted by molar-refractivity contribution is 7.14. The molecule has 1 N–H and O–H groups in total. The molecule has 0 aliphatic rings. The van der Waals surface area contributed by atoms with Crippen molar-refractivity contribution in [3.63, 3.8) is 0 Å². The normalized spacial score (nSPS) is 10.6. The number of rotatable bonds is 5. The zero-order valence-electron chi connectivity index (χ0n) is 12.4. The number of carbonyl (C=O) groups is 2. The first-order valence-electron chi connectivity index (χ1n) is 6.89. The van der Waals surface area contributed by atoms with Gasteiger partial charge in [-0.1, -0.05) is 18.2 Å². The van der Waals surface area contributed by atoms with E-state index in [4.69, 9.17) is 0 Å². The number of hydrogen-bond donors (Lipinski definition) is 1. The van der Waals surface area contributed by atoms with Gasteiger partial charge in [-0.05, 0) is 25.1 Å². The van der Waals surface area contributed by atoms with Gasteiger partial charge in [-0.15, -0.1) is 11.3 Å². The maximum absolute atomic E-state index is 11.9. The van der Waals surface area contributed by atoms with Crippen LogP contribution in [0, 0.1) is 0 Å². The summed E-state index contributed by atoms with van der Waals surface area (Å²) in [7, 11) is 0. The number of aromatic nitrogens is 1. The number of likely N-dealkylation sites (N-methyl/N-ethyl adjacent to an activating group) is 1. The highest BCUT2D eigenvalue weighted by Gasteiger charge is 2.17. The molecule has 1 heterocycles. The molecule has 0 aliphatic heterocycles. The highest BCUT2D eigenvalue weighted by atomic mass is 32.1. The van der Waals surface area contributed by atoms with Gasteiger partial charge in [0.05, 0.1) is 11.4 Å². The molecule has 22 heavy (non-hydrogen) atoms. The minimum atomic E-state index is -0.163. The molecule has 0 saturated heterocycles. The van der Waals surface area contributed by atoms with Gasteiger partial charge in [0.15, 0.2) is 5.13 Å². The quantitative estimate of drug-likeness (QED) is 0.863. The van der Waals surface area contributed by atoms with Crippen LogP contribution in [0.1, 0.15) is 19.5 Å². The van der Waals surface area contributed by atoms with E-state index < -0.39 is 0 Å².